The molecule has 1 atom stereocenters. The zero-order valence-corrected chi connectivity index (χ0v) is 15.1. The van der Waals surface area contributed by atoms with Crippen LogP contribution in [0.25, 0.3) is 0 Å². The highest BCUT2D eigenvalue weighted by Gasteiger charge is 2.33. The van der Waals surface area contributed by atoms with E-state index in [9.17, 15) is 17.6 Å². The molecular formula is C16H24FN3O3S. The summed E-state index contributed by atoms with van der Waals surface area (Å²) in [5.74, 6) is -0.692. The van der Waals surface area contributed by atoms with Crippen LogP contribution >= 0.6 is 0 Å². The van der Waals surface area contributed by atoms with E-state index in [0.29, 0.717) is 13.1 Å². The number of carbonyl (C=O) groups excluding carboxylic acids is 1. The Morgan fingerprint density at radius 1 is 1.21 bits per heavy atom. The van der Waals surface area contributed by atoms with Crippen molar-refractivity contribution in [2.24, 2.45) is 0 Å². The second kappa shape index (κ2) is 7.48. The minimum Gasteiger partial charge on any atom is -0.338 e. The lowest BCUT2D eigenvalue weighted by molar-refractivity contribution is -0.133. The molecule has 1 saturated heterocycles. The number of likely N-dealkylation sites (N-methyl/N-ethyl adjacent to an activating group) is 1. The number of piperazine rings is 1. The topological polar surface area (TPSA) is 60.9 Å². The molecule has 1 aliphatic heterocycles. The molecule has 134 valence electrons. The van der Waals surface area contributed by atoms with Crippen molar-refractivity contribution >= 4 is 21.6 Å². The second-order valence-electron chi connectivity index (χ2n) is 5.97. The Bertz CT molecular complexity index is 670. The lowest BCUT2D eigenvalue weighted by atomic mass is 10.2. The van der Waals surface area contributed by atoms with Gasteiger partial charge in [-0.25, -0.2) is 12.8 Å². The van der Waals surface area contributed by atoms with Crippen LogP contribution in [-0.4, -0.2) is 69.1 Å². The second-order valence-corrected chi connectivity index (χ2v) is 7.83. The highest BCUT2D eigenvalue weighted by atomic mass is 32.2. The first kappa shape index (κ1) is 18.7. The molecule has 0 saturated carbocycles. The van der Waals surface area contributed by atoms with Crippen molar-refractivity contribution < 1.29 is 17.6 Å². The molecular weight excluding hydrogens is 333 g/mol. The van der Waals surface area contributed by atoms with Crippen molar-refractivity contribution in [3.05, 3.63) is 30.1 Å². The van der Waals surface area contributed by atoms with E-state index < -0.39 is 21.9 Å². The number of amides is 1. The van der Waals surface area contributed by atoms with Crippen molar-refractivity contribution in [2.75, 3.05) is 43.3 Å². The van der Waals surface area contributed by atoms with Gasteiger partial charge in [-0.2, -0.15) is 0 Å². The molecule has 0 spiro atoms. The number of halogens is 1. The van der Waals surface area contributed by atoms with Crippen LogP contribution in [0.2, 0.25) is 0 Å². The van der Waals surface area contributed by atoms with Gasteiger partial charge in [-0.3, -0.25) is 9.10 Å². The fourth-order valence-corrected chi connectivity index (χ4v) is 4.11. The van der Waals surface area contributed by atoms with E-state index in [1.807, 2.05) is 0 Å². The maximum absolute atomic E-state index is 13.1. The summed E-state index contributed by atoms with van der Waals surface area (Å²) in [6.45, 7) is 7.30. The van der Waals surface area contributed by atoms with Crippen LogP contribution in [0.5, 0.6) is 0 Å². The Labute approximate surface area is 142 Å². The average Bonchev–Trinajstić information content (AvgIpc) is 2.55. The normalized spacial score (nSPS) is 17.6. The number of rotatable bonds is 5. The van der Waals surface area contributed by atoms with Crippen LogP contribution in [0, 0.1) is 5.82 Å². The molecule has 1 aromatic carbocycles. The molecule has 2 rings (SSSR count). The third-order valence-electron chi connectivity index (χ3n) is 4.28. The lowest BCUT2D eigenvalue weighted by Crippen LogP contribution is -2.55. The molecule has 1 heterocycles. The monoisotopic (exact) mass is 357 g/mol. The zero-order chi connectivity index (χ0) is 17.9. The van der Waals surface area contributed by atoms with Crippen LogP contribution < -0.4 is 4.31 Å². The predicted octanol–water partition coefficient (Wildman–Crippen LogP) is 1.14. The first-order valence-electron chi connectivity index (χ1n) is 8.00. The van der Waals surface area contributed by atoms with E-state index in [0.717, 1.165) is 30.2 Å². The zero-order valence-electron chi connectivity index (χ0n) is 14.3. The fourth-order valence-electron chi connectivity index (χ4n) is 2.94. The predicted molar refractivity (Wildman–Crippen MR) is 91.9 cm³/mol. The van der Waals surface area contributed by atoms with Crippen LogP contribution in [-0.2, 0) is 14.8 Å². The van der Waals surface area contributed by atoms with E-state index in [1.165, 1.54) is 24.3 Å². The third kappa shape index (κ3) is 4.24. The standard InChI is InChI=1S/C16H24FN3O3S/c1-4-18-9-11-19(12-10-18)16(21)13(2)20(24(3,22)23)15-7-5-14(17)6-8-15/h5-8,13H,4,9-12H2,1-3H3. The SMILES string of the molecule is CCN1CCN(C(=O)C(C)N(c2ccc(F)cc2)S(C)(=O)=O)CC1. The van der Waals surface area contributed by atoms with Crippen LogP contribution in [0.1, 0.15) is 13.8 Å². The van der Waals surface area contributed by atoms with E-state index in [-0.39, 0.29) is 11.6 Å². The van der Waals surface area contributed by atoms with Crippen molar-refractivity contribution in [1.82, 2.24) is 9.80 Å². The summed E-state index contributed by atoms with van der Waals surface area (Å²) in [5, 5.41) is 0. The summed E-state index contributed by atoms with van der Waals surface area (Å²) in [4.78, 5) is 16.7. The van der Waals surface area contributed by atoms with Gasteiger partial charge in [0.15, 0.2) is 0 Å². The van der Waals surface area contributed by atoms with Gasteiger partial charge >= 0.3 is 0 Å². The van der Waals surface area contributed by atoms with Gasteiger partial charge in [0.1, 0.15) is 11.9 Å². The van der Waals surface area contributed by atoms with Gasteiger partial charge < -0.3 is 9.80 Å². The smallest absolute Gasteiger partial charge is 0.246 e. The lowest BCUT2D eigenvalue weighted by Gasteiger charge is -2.37. The summed E-state index contributed by atoms with van der Waals surface area (Å²) in [7, 11) is -3.68. The van der Waals surface area contributed by atoms with Crippen molar-refractivity contribution in [3.63, 3.8) is 0 Å². The van der Waals surface area contributed by atoms with Gasteiger partial charge in [-0.05, 0) is 37.7 Å². The Morgan fingerprint density at radius 3 is 2.21 bits per heavy atom. The third-order valence-corrected chi connectivity index (χ3v) is 5.52. The molecule has 1 amide bonds. The molecule has 8 heteroatoms. The number of hydrogen-bond donors (Lipinski definition) is 0. The Balaban J connectivity index is 2.20. The summed E-state index contributed by atoms with van der Waals surface area (Å²) >= 11 is 0. The molecule has 0 radical (unpaired) electrons. The highest BCUT2D eigenvalue weighted by Crippen LogP contribution is 2.22. The quantitative estimate of drug-likeness (QED) is 0.793. The Kier molecular flexibility index (Phi) is 5.82. The minimum absolute atomic E-state index is 0.236. The first-order chi connectivity index (χ1) is 11.2. The molecule has 1 aliphatic rings. The van der Waals surface area contributed by atoms with E-state index >= 15 is 0 Å². The number of benzene rings is 1. The van der Waals surface area contributed by atoms with Gasteiger partial charge in [-0.15, -0.1) is 0 Å². The molecule has 6 nitrogen and oxygen atoms in total. The van der Waals surface area contributed by atoms with Crippen molar-refractivity contribution in [1.29, 1.82) is 0 Å². The molecule has 0 aliphatic carbocycles. The molecule has 24 heavy (non-hydrogen) atoms. The van der Waals surface area contributed by atoms with E-state index in [2.05, 4.69) is 11.8 Å². The van der Waals surface area contributed by atoms with Gasteiger partial charge in [-0.1, -0.05) is 6.92 Å². The fraction of sp³-hybridized carbons (Fsp3) is 0.562. The highest BCUT2D eigenvalue weighted by molar-refractivity contribution is 7.92. The molecule has 0 aromatic heterocycles. The molecule has 1 aromatic rings. The van der Waals surface area contributed by atoms with Gasteiger partial charge in [0, 0.05) is 26.2 Å². The van der Waals surface area contributed by atoms with E-state index in [1.54, 1.807) is 11.8 Å². The molecule has 0 bridgehead atoms. The van der Waals surface area contributed by atoms with Gasteiger partial charge in [0.05, 0.1) is 11.9 Å². The Hall–Kier alpha value is -1.67. The Morgan fingerprint density at radius 2 is 1.75 bits per heavy atom. The summed E-state index contributed by atoms with van der Waals surface area (Å²) in [6, 6.07) is 4.23. The van der Waals surface area contributed by atoms with Crippen molar-refractivity contribution in [3.8, 4) is 0 Å². The maximum Gasteiger partial charge on any atom is 0.246 e. The minimum atomic E-state index is -3.68. The van der Waals surface area contributed by atoms with Gasteiger partial charge in [0.25, 0.3) is 0 Å². The summed E-state index contributed by atoms with van der Waals surface area (Å²) in [6.07, 6.45) is 1.05. The number of nitrogens with zero attached hydrogens (tertiary/aromatic N) is 3. The first-order valence-corrected chi connectivity index (χ1v) is 9.85. The summed E-state index contributed by atoms with van der Waals surface area (Å²) in [5.41, 5.74) is 0.284. The number of sulfonamides is 1. The van der Waals surface area contributed by atoms with Gasteiger partial charge in [0.2, 0.25) is 15.9 Å². The molecule has 0 N–H and O–H groups in total. The molecule has 1 unspecified atom stereocenters. The number of anilines is 1. The van der Waals surface area contributed by atoms with Crippen molar-refractivity contribution in [2.45, 2.75) is 19.9 Å². The number of carbonyl (C=O) groups is 1. The van der Waals surface area contributed by atoms with Crippen LogP contribution in [0.3, 0.4) is 0 Å². The number of hydrogen-bond acceptors (Lipinski definition) is 4. The van der Waals surface area contributed by atoms with Crippen LogP contribution in [0.15, 0.2) is 24.3 Å². The summed E-state index contributed by atoms with van der Waals surface area (Å²) < 4.78 is 38.6. The maximum atomic E-state index is 13.1. The average molecular weight is 357 g/mol. The largest absolute Gasteiger partial charge is 0.338 e. The molecule has 1 fully saturated rings. The van der Waals surface area contributed by atoms with Crippen LogP contribution in [0.4, 0.5) is 10.1 Å². The van der Waals surface area contributed by atoms with E-state index in [4.69, 9.17) is 0 Å².